The number of unbranched alkanes of at least 4 members (excludes halogenated alkanes) is 9. The summed E-state index contributed by atoms with van der Waals surface area (Å²) in [7, 11) is 0. The highest BCUT2D eigenvalue weighted by Crippen LogP contribution is 2.11. The molecule has 0 bridgehead atoms. The second-order valence-corrected chi connectivity index (χ2v) is 13.6. The molecule has 0 aliphatic rings. The number of allylic oxidation sites excluding steroid dienone is 22. The van der Waals surface area contributed by atoms with Crippen LogP contribution in [0.1, 0.15) is 149 Å². The van der Waals surface area contributed by atoms with Gasteiger partial charge in [0.1, 0.15) is 13.2 Å². The third-order valence-electron chi connectivity index (χ3n) is 8.32. The van der Waals surface area contributed by atoms with Crippen molar-refractivity contribution in [2.24, 2.45) is 0 Å². The molecule has 0 aromatic rings. The number of carbonyl (C=O) groups excluding carboxylic acids is 3. The van der Waals surface area contributed by atoms with Gasteiger partial charge in [-0.3, -0.25) is 14.4 Å². The van der Waals surface area contributed by atoms with Gasteiger partial charge in [0.2, 0.25) is 0 Å². The van der Waals surface area contributed by atoms with E-state index in [-0.39, 0.29) is 50.4 Å². The molecule has 1 atom stereocenters. The third kappa shape index (κ3) is 42.5. The first-order valence-corrected chi connectivity index (χ1v) is 21.8. The van der Waals surface area contributed by atoms with Crippen molar-refractivity contribution in [3.8, 4) is 0 Å². The van der Waals surface area contributed by atoms with Gasteiger partial charge < -0.3 is 14.2 Å². The van der Waals surface area contributed by atoms with Crippen LogP contribution in [0.5, 0.6) is 0 Å². The molecule has 6 nitrogen and oxygen atoms in total. The third-order valence-corrected chi connectivity index (χ3v) is 8.32. The number of hydrogen-bond donors (Lipinski definition) is 0. The average molecular weight is 785 g/mol. The Morgan fingerprint density at radius 3 is 1.26 bits per heavy atom. The zero-order valence-electron chi connectivity index (χ0n) is 35.8. The van der Waals surface area contributed by atoms with Crippen molar-refractivity contribution >= 4 is 17.9 Å². The second kappa shape index (κ2) is 44.3. The van der Waals surface area contributed by atoms with Crippen molar-refractivity contribution in [2.45, 2.75) is 155 Å². The number of rotatable bonds is 36. The normalized spacial score (nSPS) is 13.4. The summed E-state index contributed by atoms with van der Waals surface area (Å²) >= 11 is 0. The van der Waals surface area contributed by atoms with Crippen LogP contribution in [0.15, 0.2) is 134 Å². The minimum Gasteiger partial charge on any atom is -0.462 e. The van der Waals surface area contributed by atoms with Crippen molar-refractivity contribution in [3.05, 3.63) is 134 Å². The lowest BCUT2D eigenvalue weighted by Gasteiger charge is -2.18. The quantitative estimate of drug-likeness (QED) is 0.0207. The summed E-state index contributed by atoms with van der Waals surface area (Å²) in [4.78, 5) is 37.7. The molecule has 6 heteroatoms. The first-order valence-electron chi connectivity index (χ1n) is 21.8. The number of hydrogen-bond acceptors (Lipinski definition) is 6. The van der Waals surface area contributed by atoms with Crippen LogP contribution in [0, 0.1) is 0 Å². The van der Waals surface area contributed by atoms with Gasteiger partial charge in [0.25, 0.3) is 0 Å². The van der Waals surface area contributed by atoms with E-state index in [9.17, 15) is 14.4 Å². The lowest BCUT2D eigenvalue weighted by Crippen LogP contribution is -2.30. The molecule has 0 spiro atoms. The minimum absolute atomic E-state index is 0.130. The topological polar surface area (TPSA) is 78.9 Å². The second-order valence-electron chi connectivity index (χ2n) is 13.6. The van der Waals surface area contributed by atoms with Crippen LogP contribution in [0.4, 0.5) is 0 Å². The molecule has 57 heavy (non-hydrogen) atoms. The molecule has 1 unspecified atom stereocenters. The molecule has 0 saturated carbocycles. The Balaban J connectivity index is 4.60. The van der Waals surface area contributed by atoms with Gasteiger partial charge in [-0.1, -0.05) is 180 Å². The SMILES string of the molecule is CC\C=C/C=C\C=C/C=C\C=C/CCCCCC(=O)OCC(COC(=O)CCC/C=C\C/C=C\C/C=C\CC)OC(=O)CCCCCCC\C=C/C=C\C=C/CC. The Hall–Kier alpha value is -4.45. The summed E-state index contributed by atoms with van der Waals surface area (Å²) in [5.74, 6) is -1.06. The van der Waals surface area contributed by atoms with Crippen molar-refractivity contribution < 1.29 is 28.6 Å². The van der Waals surface area contributed by atoms with Gasteiger partial charge in [-0.15, -0.1) is 0 Å². The zero-order chi connectivity index (χ0) is 41.5. The highest BCUT2D eigenvalue weighted by atomic mass is 16.6. The largest absolute Gasteiger partial charge is 0.462 e. The molecule has 0 aliphatic heterocycles. The smallest absolute Gasteiger partial charge is 0.306 e. The van der Waals surface area contributed by atoms with Crippen LogP contribution in [0.25, 0.3) is 0 Å². The molecule has 0 aliphatic carbocycles. The van der Waals surface area contributed by atoms with Gasteiger partial charge in [-0.05, 0) is 83.5 Å². The van der Waals surface area contributed by atoms with Crippen LogP contribution in [-0.2, 0) is 28.6 Å². The van der Waals surface area contributed by atoms with Crippen LogP contribution in [-0.4, -0.2) is 37.2 Å². The molecule has 0 aromatic heterocycles. The Bertz CT molecular complexity index is 1320. The van der Waals surface area contributed by atoms with Crippen LogP contribution in [0.2, 0.25) is 0 Å². The van der Waals surface area contributed by atoms with Gasteiger partial charge in [0.15, 0.2) is 6.10 Å². The lowest BCUT2D eigenvalue weighted by atomic mass is 10.1. The van der Waals surface area contributed by atoms with Crippen LogP contribution in [0.3, 0.4) is 0 Å². The molecule has 0 fully saturated rings. The maximum Gasteiger partial charge on any atom is 0.306 e. The maximum atomic E-state index is 12.7. The van der Waals surface area contributed by atoms with Crippen molar-refractivity contribution in [2.75, 3.05) is 13.2 Å². The van der Waals surface area contributed by atoms with E-state index >= 15 is 0 Å². The van der Waals surface area contributed by atoms with Crippen molar-refractivity contribution in [1.29, 1.82) is 0 Å². The molecule has 0 rings (SSSR count). The summed E-state index contributed by atoms with van der Waals surface area (Å²) in [5, 5.41) is 0. The van der Waals surface area contributed by atoms with E-state index in [0.717, 1.165) is 96.3 Å². The predicted octanol–water partition coefficient (Wildman–Crippen LogP) is 14.0. The highest BCUT2D eigenvalue weighted by Gasteiger charge is 2.19. The Labute approximate surface area is 347 Å². The Kier molecular flexibility index (Phi) is 40.8. The average Bonchev–Trinajstić information content (AvgIpc) is 3.21. The van der Waals surface area contributed by atoms with Crippen LogP contribution < -0.4 is 0 Å². The number of ether oxygens (including phenoxy) is 3. The molecule has 0 radical (unpaired) electrons. The predicted molar refractivity (Wildman–Crippen MR) is 242 cm³/mol. The van der Waals surface area contributed by atoms with E-state index in [4.69, 9.17) is 14.2 Å². The molecule has 0 amide bonds. The lowest BCUT2D eigenvalue weighted by molar-refractivity contribution is -0.167. The van der Waals surface area contributed by atoms with Gasteiger partial charge in [-0.25, -0.2) is 0 Å². The van der Waals surface area contributed by atoms with E-state index < -0.39 is 6.10 Å². The van der Waals surface area contributed by atoms with Gasteiger partial charge in [-0.2, -0.15) is 0 Å². The molecule has 0 aromatic carbocycles. The number of carbonyl (C=O) groups is 3. The molecule has 316 valence electrons. The summed E-state index contributed by atoms with van der Waals surface area (Å²) in [6.07, 6.45) is 61.6. The van der Waals surface area contributed by atoms with Gasteiger partial charge >= 0.3 is 17.9 Å². The molecular weight excluding hydrogens is 709 g/mol. The van der Waals surface area contributed by atoms with Crippen molar-refractivity contribution in [3.63, 3.8) is 0 Å². The summed E-state index contributed by atoms with van der Waals surface area (Å²) < 4.78 is 16.6. The summed E-state index contributed by atoms with van der Waals surface area (Å²) in [6, 6.07) is 0. The van der Waals surface area contributed by atoms with E-state index in [1.807, 2.05) is 54.7 Å². The summed E-state index contributed by atoms with van der Waals surface area (Å²) in [6.45, 7) is 6.09. The Morgan fingerprint density at radius 2 is 0.737 bits per heavy atom. The number of esters is 3. The van der Waals surface area contributed by atoms with Crippen molar-refractivity contribution in [1.82, 2.24) is 0 Å². The molecule has 0 heterocycles. The van der Waals surface area contributed by atoms with E-state index in [2.05, 4.69) is 99.8 Å². The Morgan fingerprint density at radius 1 is 0.368 bits per heavy atom. The van der Waals surface area contributed by atoms with Gasteiger partial charge in [0, 0.05) is 19.3 Å². The molecule has 0 N–H and O–H groups in total. The standard InChI is InChI=1S/C51H76O6/c1-4-7-10-13-16-19-22-24-25-27-29-32-35-38-41-44-50(53)56-47-48(46-55-49(52)43-40-37-34-31-28-21-18-15-12-9-6-3)57-51(54)45-42-39-36-33-30-26-23-20-17-14-11-8-5-2/h7-14,16-25,27,29,31,34,48H,4-6,15,26,28,30,32-33,35-47H2,1-3H3/b10-7-,11-8-,12-9-,16-13-,17-14-,21-18-,22-19-,23-20-,25-24-,29-27-,34-31-. The first-order chi connectivity index (χ1) is 28.0. The van der Waals surface area contributed by atoms with E-state index in [1.165, 1.54) is 0 Å². The van der Waals surface area contributed by atoms with E-state index in [0.29, 0.717) is 12.8 Å². The molecule has 0 saturated heterocycles. The highest BCUT2D eigenvalue weighted by molar-refractivity contribution is 5.71. The summed E-state index contributed by atoms with van der Waals surface area (Å²) in [5.41, 5.74) is 0. The van der Waals surface area contributed by atoms with Crippen LogP contribution >= 0.6 is 0 Å². The fraction of sp³-hybridized carbons (Fsp3) is 0.510. The van der Waals surface area contributed by atoms with Gasteiger partial charge in [0.05, 0.1) is 0 Å². The zero-order valence-corrected chi connectivity index (χ0v) is 35.8. The monoisotopic (exact) mass is 785 g/mol. The molecular formula is C51H76O6. The maximum absolute atomic E-state index is 12.7. The fourth-order valence-corrected chi connectivity index (χ4v) is 5.13. The van der Waals surface area contributed by atoms with E-state index in [1.54, 1.807) is 0 Å². The first kappa shape index (κ1) is 52.6. The fourth-order valence-electron chi connectivity index (χ4n) is 5.13. The minimum atomic E-state index is -0.829.